The van der Waals surface area contributed by atoms with Crippen LogP contribution in [-0.2, 0) is 16.9 Å². The quantitative estimate of drug-likeness (QED) is 0.889. The Bertz CT molecular complexity index is 419. The highest BCUT2D eigenvalue weighted by atomic mass is 32.1. The SMILES string of the molecule is CNCc1sc(C2(OC)CCCC2)nc1C1CC1. The predicted octanol–water partition coefficient (Wildman–Crippen LogP) is 3.16. The fraction of sp³-hybridized carbons (Fsp3) is 0.786. The molecule has 3 rings (SSSR count). The Balaban J connectivity index is 1.93. The van der Waals surface area contributed by atoms with E-state index in [-0.39, 0.29) is 5.60 Å². The smallest absolute Gasteiger partial charge is 0.125 e. The monoisotopic (exact) mass is 266 g/mol. The molecule has 0 amide bonds. The summed E-state index contributed by atoms with van der Waals surface area (Å²) in [6, 6.07) is 0. The van der Waals surface area contributed by atoms with Gasteiger partial charge < -0.3 is 10.1 Å². The number of ether oxygens (including phenoxy) is 1. The molecule has 0 radical (unpaired) electrons. The number of methoxy groups -OCH3 is 1. The van der Waals surface area contributed by atoms with Crippen molar-refractivity contribution in [3.05, 3.63) is 15.6 Å². The molecule has 0 unspecified atom stereocenters. The van der Waals surface area contributed by atoms with Crippen molar-refractivity contribution in [2.24, 2.45) is 0 Å². The molecule has 2 saturated carbocycles. The number of rotatable bonds is 5. The molecular formula is C14H22N2OS. The van der Waals surface area contributed by atoms with Gasteiger partial charge in [0, 0.05) is 24.4 Å². The summed E-state index contributed by atoms with van der Waals surface area (Å²) in [6.07, 6.45) is 7.46. The second-order valence-corrected chi connectivity index (χ2v) is 6.62. The molecule has 18 heavy (non-hydrogen) atoms. The summed E-state index contributed by atoms with van der Waals surface area (Å²) >= 11 is 1.87. The molecule has 2 fully saturated rings. The maximum atomic E-state index is 5.86. The van der Waals surface area contributed by atoms with Crippen molar-refractivity contribution in [2.45, 2.75) is 56.6 Å². The first-order chi connectivity index (χ1) is 8.79. The van der Waals surface area contributed by atoms with E-state index in [9.17, 15) is 0 Å². The van der Waals surface area contributed by atoms with Crippen LogP contribution in [0.25, 0.3) is 0 Å². The van der Waals surface area contributed by atoms with E-state index in [0.29, 0.717) is 0 Å². The molecule has 0 spiro atoms. The lowest BCUT2D eigenvalue weighted by atomic mass is 10.0. The van der Waals surface area contributed by atoms with E-state index >= 15 is 0 Å². The van der Waals surface area contributed by atoms with Gasteiger partial charge >= 0.3 is 0 Å². The van der Waals surface area contributed by atoms with Crippen molar-refractivity contribution in [1.82, 2.24) is 10.3 Å². The first-order valence-corrected chi connectivity index (χ1v) is 7.80. The van der Waals surface area contributed by atoms with Gasteiger partial charge in [0.1, 0.15) is 10.6 Å². The molecule has 0 saturated heterocycles. The molecular weight excluding hydrogens is 244 g/mol. The first-order valence-electron chi connectivity index (χ1n) is 6.99. The average molecular weight is 266 g/mol. The summed E-state index contributed by atoms with van der Waals surface area (Å²) in [6.45, 7) is 0.948. The molecule has 1 aromatic heterocycles. The van der Waals surface area contributed by atoms with Gasteiger partial charge in [-0.25, -0.2) is 4.98 Å². The molecule has 3 nitrogen and oxygen atoms in total. The predicted molar refractivity (Wildman–Crippen MR) is 74.0 cm³/mol. The second-order valence-electron chi connectivity index (χ2n) is 5.54. The molecule has 0 aromatic carbocycles. The van der Waals surface area contributed by atoms with Crippen LogP contribution in [-0.4, -0.2) is 19.1 Å². The topological polar surface area (TPSA) is 34.1 Å². The van der Waals surface area contributed by atoms with Gasteiger partial charge in [-0.15, -0.1) is 11.3 Å². The lowest BCUT2D eigenvalue weighted by molar-refractivity contribution is -0.00896. The summed E-state index contributed by atoms with van der Waals surface area (Å²) in [5.41, 5.74) is 1.29. The van der Waals surface area contributed by atoms with Crippen LogP contribution in [0.2, 0.25) is 0 Å². The standard InChI is InChI=1S/C14H22N2OS/c1-15-9-11-12(10-5-6-10)16-13(18-11)14(17-2)7-3-4-8-14/h10,15H,3-9H2,1-2H3. The van der Waals surface area contributed by atoms with Gasteiger partial charge in [-0.05, 0) is 32.7 Å². The van der Waals surface area contributed by atoms with Crippen molar-refractivity contribution in [3.8, 4) is 0 Å². The average Bonchev–Trinajstić information content (AvgIpc) is 2.95. The molecule has 1 aromatic rings. The molecule has 0 aliphatic heterocycles. The Labute approximate surface area is 113 Å². The lowest BCUT2D eigenvalue weighted by Crippen LogP contribution is -2.24. The zero-order valence-corrected chi connectivity index (χ0v) is 12.1. The first kappa shape index (κ1) is 12.6. The van der Waals surface area contributed by atoms with E-state index in [0.717, 1.165) is 25.3 Å². The Morgan fingerprint density at radius 3 is 2.67 bits per heavy atom. The van der Waals surface area contributed by atoms with Gasteiger partial charge in [-0.3, -0.25) is 0 Å². The van der Waals surface area contributed by atoms with Crippen LogP contribution >= 0.6 is 11.3 Å². The summed E-state index contributed by atoms with van der Waals surface area (Å²) in [5, 5.41) is 4.50. The summed E-state index contributed by atoms with van der Waals surface area (Å²) < 4.78 is 5.86. The number of aromatic nitrogens is 1. The Morgan fingerprint density at radius 1 is 1.39 bits per heavy atom. The van der Waals surface area contributed by atoms with Crippen LogP contribution in [0.5, 0.6) is 0 Å². The Morgan fingerprint density at radius 2 is 2.11 bits per heavy atom. The Kier molecular flexibility index (Phi) is 3.43. The maximum Gasteiger partial charge on any atom is 0.125 e. The molecule has 100 valence electrons. The highest BCUT2D eigenvalue weighted by Crippen LogP contribution is 2.48. The summed E-state index contributed by atoms with van der Waals surface area (Å²) in [5.74, 6) is 0.730. The summed E-state index contributed by atoms with van der Waals surface area (Å²) in [7, 11) is 3.86. The van der Waals surface area contributed by atoms with Crippen LogP contribution in [0.4, 0.5) is 0 Å². The second kappa shape index (κ2) is 4.91. The maximum absolute atomic E-state index is 5.86. The van der Waals surface area contributed by atoms with Crippen LogP contribution < -0.4 is 5.32 Å². The van der Waals surface area contributed by atoms with Crippen LogP contribution in [0.3, 0.4) is 0 Å². The minimum absolute atomic E-state index is 0.0691. The molecule has 1 N–H and O–H groups in total. The van der Waals surface area contributed by atoms with E-state index < -0.39 is 0 Å². The van der Waals surface area contributed by atoms with Crippen LogP contribution in [0.1, 0.15) is 60.0 Å². The third kappa shape index (κ3) is 2.10. The molecule has 2 aliphatic carbocycles. The van der Waals surface area contributed by atoms with Gasteiger partial charge in [-0.1, -0.05) is 12.8 Å². The number of hydrogen-bond acceptors (Lipinski definition) is 4. The zero-order valence-electron chi connectivity index (χ0n) is 11.3. The highest BCUT2D eigenvalue weighted by Gasteiger charge is 2.40. The van der Waals surface area contributed by atoms with Crippen molar-refractivity contribution >= 4 is 11.3 Å². The lowest BCUT2D eigenvalue weighted by Gasteiger charge is -2.24. The molecule has 0 atom stereocenters. The molecule has 0 bridgehead atoms. The third-order valence-corrected chi connectivity index (χ3v) is 5.48. The number of nitrogens with one attached hydrogen (secondary N) is 1. The zero-order chi connectivity index (χ0) is 12.6. The van der Waals surface area contributed by atoms with Gasteiger partial charge in [0.15, 0.2) is 0 Å². The van der Waals surface area contributed by atoms with Crippen molar-refractivity contribution in [1.29, 1.82) is 0 Å². The Hall–Kier alpha value is -0.450. The molecule has 4 heteroatoms. The van der Waals surface area contributed by atoms with Crippen LogP contribution in [0, 0.1) is 0 Å². The van der Waals surface area contributed by atoms with E-state index in [2.05, 4.69) is 5.32 Å². The normalized spacial score (nSPS) is 22.6. The summed E-state index contributed by atoms with van der Waals surface area (Å²) in [4.78, 5) is 6.40. The molecule has 1 heterocycles. The van der Waals surface area contributed by atoms with Gasteiger partial charge in [0.25, 0.3) is 0 Å². The number of hydrogen-bond donors (Lipinski definition) is 1. The van der Waals surface area contributed by atoms with Crippen molar-refractivity contribution in [2.75, 3.05) is 14.2 Å². The molecule has 2 aliphatic rings. The number of nitrogens with zero attached hydrogens (tertiary/aromatic N) is 1. The highest BCUT2D eigenvalue weighted by molar-refractivity contribution is 7.11. The van der Waals surface area contributed by atoms with E-state index in [1.807, 2.05) is 25.5 Å². The van der Waals surface area contributed by atoms with E-state index in [1.54, 1.807) is 0 Å². The fourth-order valence-electron chi connectivity index (χ4n) is 2.97. The van der Waals surface area contributed by atoms with E-state index in [1.165, 1.54) is 41.3 Å². The van der Waals surface area contributed by atoms with Crippen LogP contribution in [0.15, 0.2) is 0 Å². The third-order valence-electron chi connectivity index (χ3n) is 4.22. The largest absolute Gasteiger partial charge is 0.371 e. The van der Waals surface area contributed by atoms with Crippen molar-refractivity contribution in [3.63, 3.8) is 0 Å². The van der Waals surface area contributed by atoms with Gasteiger partial charge in [0.05, 0.1) is 5.69 Å². The minimum Gasteiger partial charge on any atom is -0.371 e. The van der Waals surface area contributed by atoms with Crippen molar-refractivity contribution < 1.29 is 4.74 Å². The number of thiazole rings is 1. The fourth-order valence-corrected chi connectivity index (χ4v) is 4.36. The van der Waals surface area contributed by atoms with E-state index in [4.69, 9.17) is 9.72 Å². The van der Waals surface area contributed by atoms with Gasteiger partial charge in [0.2, 0.25) is 0 Å². The minimum atomic E-state index is -0.0691. The van der Waals surface area contributed by atoms with Gasteiger partial charge in [-0.2, -0.15) is 0 Å².